The summed E-state index contributed by atoms with van der Waals surface area (Å²) in [6.07, 6.45) is 4.10. The summed E-state index contributed by atoms with van der Waals surface area (Å²) in [7, 11) is 0. The number of nitrogens with zero attached hydrogens (tertiary/aromatic N) is 4. The maximum atomic E-state index is 12.2. The highest BCUT2D eigenvalue weighted by atomic mass is 16.1. The molecule has 0 saturated heterocycles. The van der Waals surface area contributed by atoms with Gasteiger partial charge >= 0.3 is 0 Å². The number of nitrogens with one attached hydrogen (secondary N) is 2. The minimum Gasteiger partial charge on any atom is -0.338 e. The number of pyridine rings is 1. The summed E-state index contributed by atoms with van der Waals surface area (Å²) < 4.78 is 1.91. The van der Waals surface area contributed by atoms with E-state index in [0.717, 1.165) is 17.7 Å². The summed E-state index contributed by atoms with van der Waals surface area (Å²) in [5, 5.41) is 24.5. The molecule has 0 aliphatic heterocycles. The summed E-state index contributed by atoms with van der Waals surface area (Å²) in [5.41, 5.74) is 2.08. The molecule has 7 heteroatoms. The molecule has 4 rings (SSSR count). The van der Waals surface area contributed by atoms with Gasteiger partial charge in [0, 0.05) is 25.4 Å². The van der Waals surface area contributed by atoms with Gasteiger partial charge in [-0.3, -0.25) is 9.48 Å². The van der Waals surface area contributed by atoms with Crippen LogP contribution in [0.5, 0.6) is 0 Å². The lowest BCUT2D eigenvalue weighted by Crippen LogP contribution is -2.06. The second kappa shape index (κ2) is 7.54. The lowest BCUT2D eigenvalue weighted by Gasteiger charge is -2.03. The fraction of sp³-hybridized carbons (Fsp3) is 0.263. The van der Waals surface area contributed by atoms with E-state index < -0.39 is 0 Å². The van der Waals surface area contributed by atoms with E-state index in [1.807, 2.05) is 10.7 Å². The molecule has 2 aromatic heterocycles. The molecule has 3 aromatic rings. The zero-order valence-electron chi connectivity index (χ0n) is 14.4. The average Bonchev–Trinajstić information content (AvgIpc) is 3.39. The molecule has 1 saturated carbocycles. The number of fused-ring (bicyclic) bond motifs is 1. The van der Waals surface area contributed by atoms with Crippen LogP contribution in [0.4, 0.5) is 11.5 Å². The van der Waals surface area contributed by atoms with Gasteiger partial charge in [0.25, 0.3) is 5.56 Å². The van der Waals surface area contributed by atoms with E-state index in [0.29, 0.717) is 22.7 Å². The summed E-state index contributed by atoms with van der Waals surface area (Å²) in [6, 6.07) is 12.8. The van der Waals surface area contributed by atoms with Gasteiger partial charge in [-0.2, -0.15) is 15.6 Å². The maximum absolute atomic E-state index is 12.2. The normalized spacial score (nSPS) is 12.6. The molecular weight excluding hydrogens is 328 g/mol. The van der Waals surface area contributed by atoms with Crippen LogP contribution in [-0.4, -0.2) is 14.8 Å². The number of H-pyrrole nitrogens is 1. The first-order valence-corrected chi connectivity index (χ1v) is 8.32. The Morgan fingerprint density at radius 1 is 1.27 bits per heavy atom. The Kier molecular flexibility index (Phi) is 5.00. The van der Waals surface area contributed by atoms with Gasteiger partial charge in [0.15, 0.2) is 5.82 Å². The Morgan fingerprint density at radius 2 is 1.96 bits per heavy atom. The van der Waals surface area contributed by atoms with Crippen molar-refractivity contribution in [3.63, 3.8) is 0 Å². The maximum Gasteiger partial charge on any atom is 0.261 e. The van der Waals surface area contributed by atoms with E-state index in [-0.39, 0.29) is 5.56 Å². The first-order chi connectivity index (χ1) is 12.7. The summed E-state index contributed by atoms with van der Waals surface area (Å²) >= 11 is 0. The van der Waals surface area contributed by atoms with Gasteiger partial charge in [-0.1, -0.05) is 0 Å². The Hall–Kier alpha value is -3.58. The molecule has 0 bridgehead atoms. The standard InChI is InChI=1S/C17H15N5O.C2H3N/c18-9-11-3-5-13(6-4-11)20-16-15-14(7-8-19-17(15)23)22(21-16)10-12-1-2-12;1-2-3/h3-8,12H,1-2,10H2,(H,19,23)(H,20,21);1H3. The van der Waals surface area contributed by atoms with Crippen molar-refractivity contribution in [1.29, 1.82) is 10.5 Å². The van der Waals surface area contributed by atoms with Crippen molar-refractivity contribution in [1.82, 2.24) is 14.8 Å². The van der Waals surface area contributed by atoms with Crippen LogP contribution in [-0.2, 0) is 6.54 Å². The van der Waals surface area contributed by atoms with Gasteiger partial charge in [0.05, 0.1) is 23.2 Å². The SMILES string of the molecule is CC#N.N#Cc1ccc(Nc2nn(CC3CC3)c3cc[nH]c(=O)c23)cc1. The minimum atomic E-state index is -0.152. The van der Waals surface area contributed by atoms with Crippen molar-refractivity contribution >= 4 is 22.4 Å². The third-order valence-electron chi connectivity index (χ3n) is 4.08. The zero-order valence-corrected chi connectivity index (χ0v) is 14.4. The molecule has 0 radical (unpaired) electrons. The highest BCUT2D eigenvalue weighted by Gasteiger charge is 2.24. The van der Waals surface area contributed by atoms with Crippen LogP contribution in [0.2, 0.25) is 0 Å². The molecule has 0 amide bonds. The number of aromatic nitrogens is 3. The van der Waals surface area contributed by atoms with E-state index in [1.54, 1.807) is 36.5 Å². The topological polar surface area (TPSA) is 110 Å². The Labute approximate surface area is 150 Å². The number of aromatic amines is 1. The van der Waals surface area contributed by atoms with Crippen LogP contribution in [0.3, 0.4) is 0 Å². The van der Waals surface area contributed by atoms with Crippen LogP contribution in [0.25, 0.3) is 10.9 Å². The third-order valence-corrected chi connectivity index (χ3v) is 4.08. The first kappa shape index (κ1) is 17.2. The van der Waals surface area contributed by atoms with Gasteiger partial charge < -0.3 is 10.3 Å². The van der Waals surface area contributed by atoms with Gasteiger partial charge in [-0.05, 0) is 49.1 Å². The molecule has 2 heterocycles. The van der Waals surface area contributed by atoms with E-state index >= 15 is 0 Å². The molecule has 2 N–H and O–H groups in total. The van der Waals surface area contributed by atoms with E-state index in [1.165, 1.54) is 19.8 Å². The largest absolute Gasteiger partial charge is 0.338 e. The highest BCUT2D eigenvalue weighted by molar-refractivity contribution is 5.91. The Morgan fingerprint density at radius 3 is 2.58 bits per heavy atom. The molecule has 26 heavy (non-hydrogen) atoms. The second-order valence-corrected chi connectivity index (χ2v) is 6.08. The third kappa shape index (κ3) is 3.73. The number of nitriles is 2. The van der Waals surface area contributed by atoms with Crippen molar-refractivity contribution in [2.24, 2.45) is 5.92 Å². The van der Waals surface area contributed by atoms with Crippen LogP contribution >= 0.6 is 0 Å². The summed E-state index contributed by atoms with van der Waals surface area (Å²) in [4.78, 5) is 14.9. The fourth-order valence-corrected chi connectivity index (χ4v) is 2.67. The monoisotopic (exact) mass is 346 g/mol. The van der Waals surface area contributed by atoms with Gasteiger partial charge in [-0.25, -0.2) is 0 Å². The molecule has 1 fully saturated rings. The van der Waals surface area contributed by atoms with Gasteiger partial charge in [0.1, 0.15) is 5.39 Å². The lowest BCUT2D eigenvalue weighted by atomic mass is 10.2. The highest BCUT2D eigenvalue weighted by Crippen LogP contribution is 2.32. The molecular formula is C19H18N6O. The molecule has 130 valence electrons. The van der Waals surface area contributed by atoms with E-state index in [2.05, 4.69) is 21.5 Å². The van der Waals surface area contributed by atoms with Gasteiger partial charge in [-0.15, -0.1) is 0 Å². The van der Waals surface area contributed by atoms with E-state index in [4.69, 9.17) is 10.5 Å². The molecule has 1 aliphatic carbocycles. The van der Waals surface area contributed by atoms with Crippen molar-refractivity contribution in [3.8, 4) is 12.1 Å². The molecule has 1 aromatic carbocycles. The number of hydrogen-bond acceptors (Lipinski definition) is 5. The minimum absolute atomic E-state index is 0.152. The van der Waals surface area contributed by atoms with E-state index in [9.17, 15) is 4.79 Å². The number of benzene rings is 1. The van der Waals surface area contributed by atoms with Crippen LogP contribution in [0, 0.1) is 28.6 Å². The number of anilines is 2. The predicted octanol–water partition coefficient (Wildman–Crippen LogP) is 3.28. The molecule has 0 spiro atoms. The van der Waals surface area contributed by atoms with Crippen molar-refractivity contribution in [2.45, 2.75) is 26.3 Å². The lowest BCUT2D eigenvalue weighted by molar-refractivity contribution is 0.582. The summed E-state index contributed by atoms with van der Waals surface area (Å²) in [5.74, 6) is 1.22. The molecule has 7 nitrogen and oxygen atoms in total. The zero-order chi connectivity index (χ0) is 18.5. The predicted molar refractivity (Wildman–Crippen MR) is 98.8 cm³/mol. The Bertz CT molecular complexity index is 1040. The van der Waals surface area contributed by atoms with Crippen LogP contribution < -0.4 is 10.9 Å². The average molecular weight is 346 g/mol. The van der Waals surface area contributed by atoms with Crippen LogP contribution in [0.15, 0.2) is 41.3 Å². The Balaban J connectivity index is 0.000000613. The smallest absolute Gasteiger partial charge is 0.261 e. The molecule has 0 atom stereocenters. The second-order valence-electron chi connectivity index (χ2n) is 6.08. The van der Waals surface area contributed by atoms with Crippen molar-refractivity contribution in [2.75, 3.05) is 5.32 Å². The molecule has 1 aliphatic rings. The van der Waals surface area contributed by atoms with Gasteiger partial charge in [0.2, 0.25) is 0 Å². The quantitative estimate of drug-likeness (QED) is 0.753. The van der Waals surface area contributed by atoms with Crippen molar-refractivity contribution < 1.29 is 0 Å². The van der Waals surface area contributed by atoms with Crippen LogP contribution in [0.1, 0.15) is 25.3 Å². The number of rotatable bonds is 4. The molecule has 0 unspecified atom stereocenters. The number of hydrogen-bond donors (Lipinski definition) is 2. The fourth-order valence-electron chi connectivity index (χ4n) is 2.67. The summed E-state index contributed by atoms with van der Waals surface area (Å²) in [6.45, 7) is 2.27. The first-order valence-electron chi connectivity index (χ1n) is 8.32. The van der Waals surface area contributed by atoms with Crippen molar-refractivity contribution in [3.05, 3.63) is 52.4 Å².